The average molecular weight is 481 g/mol. The maximum atomic E-state index is 12.3. The lowest BCUT2D eigenvalue weighted by molar-refractivity contribution is -0.135. The summed E-state index contributed by atoms with van der Waals surface area (Å²) < 4.78 is 12.8. The van der Waals surface area contributed by atoms with Crippen LogP contribution in [0.4, 0.5) is 0 Å². The Kier molecular flexibility index (Phi) is 7.55. The van der Waals surface area contributed by atoms with E-state index in [1.54, 1.807) is 30.2 Å². The maximum absolute atomic E-state index is 12.3. The zero-order valence-corrected chi connectivity index (χ0v) is 19.1. The molecule has 4 rings (SSSR count). The molecule has 0 atom stereocenters. The van der Waals surface area contributed by atoms with E-state index in [-0.39, 0.29) is 5.91 Å². The smallest absolute Gasteiger partial charge is 0.222 e. The van der Waals surface area contributed by atoms with Crippen LogP contribution in [0.25, 0.3) is 11.4 Å². The molecular formula is C21H22Cl2N4O3S. The molecule has 1 aromatic carbocycles. The van der Waals surface area contributed by atoms with Gasteiger partial charge in [0.25, 0.3) is 0 Å². The van der Waals surface area contributed by atoms with Gasteiger partial charge in [0.2, 0.25) is 5.91 Å². The Morgan fingerprint density at radius 1 is 1.16 bits per heavy atom. The Balaban J connectivity index is 1.45. The second-order valence-corrected chi connectivity index (χ2v) is 8.95. The highest BCUT2D eigenvalue weighted by Crippen LogP contribution is 2.32. The van der Waals surface area contributed by atoms with Gasteiger partial charge in [0.1, 0.15) is 5.76 Å². The van der Waals surface area contributed by atoms with Crippen molar-refractivity contribution in [3.63, 3.8) is 0 Å². The van der Waals surface area contributed by atoms with E-state index in [0.29, 0.717) is 55.1 Å². The van der Waals surface area contributed by atoms with E-state index in [9.17, 15) is 4.79 Å². The van der Waals surface area contributed by atoms with Gasteiger partial charge in [0, 0.05) is 35.8 Å². The first-order valence-corrected chi connectivity index (χ1v) is 11.8. The number of halogens is 2. The average Bonchev–Trinajstić information content (AvgIpc) is 3.43. The van der Waals surface area contributed by atoms with Crippen molar-refractivity contribution in [2.45, 2.75) is 24.5 Å². The van der Waals surface area contributed by atoms with E-state index >= 15 is 0 Å². The molecule has 31 heavy (non-hydrogen) atoms. The molecule has 0 radical (unpaired) electrons. The van der Waals surface area contributed by atoms with Gasteiger partial charge in [-0.15, -0.1) is 10.2 Å². The van der Waals surface area contributed by atoms with E-state index in [1.165, 1.54) is 0 Å². The number of nitrogens with zero attached hydrogens (tertiary/aromatic N) is 4. The van der Waals surface area contributed by atoms with Crippen LogP contribution in [-0.4, -0.2) is 57.6 Å². The van der Waals surface area contributed by atoms with E-state index < -0.39 is 0 Å². The predicted molar refractivity (Wildman–Crippen MR) is 121 cm³/mol. The van der Waals surface area contributed by atoms with Crippen LogP contribution < -0.4 is 0 Å². The minimum absolute atomic E-state index is 0.176. The third kappa shape index (κ3) is 5.63. The highest BCUT2D eigenvalue weighted by atomic mass is 35.5. The van der Waals surface area contributed by atoms with Crippen LogP contribution in [0.1, 0.15) is 18.6 Å². The van der Waals surface area contributed by atoms with Crippen molar-refractivity contribution >= 4 is 40.9 Å². The van der Waals surface area contributed by atoms with Gasteiger partial charge in [-0.25, -0.2) is 0 Å². The number of ether oxygens (including phenoxy) is 1. The van der Waals surface area contributed by atoms with Crippen LogP contribution >= 0.6 is 35.0 Å². The van der Waals surface area contributed by atoms with E-state index in [4.69, 9.17) is 32.4 Å². The molecule has 1 aliphatic heterocycles. The van der Waals surface area contributed by atoms with Gasteiger partial charge >= 0.3 is 0 Å². The molecule has 3 aromatic rings. The topological polar surface area (TPSA) is 73.4 Å². The Bertz CT molecular complexity index is 1020. The van der Waals surface area contributed by atoms with Crippen LogP contribution in [0, 0.1) is 0 Å². The Labute approximate surface area is 194 Å². The number of carbonyl (C=O) groups is 1. The van der Waals surface area contributed by atoms with Crippen molar-refractivity contribution in [1.29, 1.82) is 0 Å². The van der Waals surface area contributed by atoms with Crippen LogP contribution in [0.15, 0.2) is 46.2 Å². The number of carbonyl (C=O) groups excluding carboxylic acids is 1. The van der Waals surface area contributed by atoms with Crippen LogP contribution in [0.3, 0.4) is 0 Å². The van der Waals surface area contributed by atoms with Crippen molar-refractivity contribution in [2.75, 3.05) is 32.1 Å². The fraction of sp³-hybridized carbons (Fsp3) is 0.381. The molecule has 164 valence electrons. The molecule has 0 unspecified atom stereocenters. The van der Waals surface area contributed by atoms with Crippen molar-refractivity contribution < 1.29 is 13.9 Å². The van der Waals surface area contributed by atoms with E-state index in [0.717, 1.165) is 28.7 Å². The first-order valence-electron chi connectivity index (χ1n) is 10.0. The van der Waals surface area contributed by atoms with E-state index in [1.807, 2.05) is 27.7 Å². The third-order valence-electron chi connectivity index (χ3n) is 4.91. The fourth-order valence-electron chi connectivity index (χ4n) is 3.32. The van der Waals surface area contributed by atoms with Crippen molar-refractivity contribution in [1.82, 2.24) is 19.7 Å². The minimum Gasteiger partial charge on any atom is -0.467 e. The van der Waals surface area contributed by atoms with Gasteiger partial charge in [-0.1, -0.05) is 35.0 Å². The zero-order valence-electron chi connectivity index (χ0n) is 16.8. The summed E-state index contributed by atoms with van der Waals surface area (Å²) in [7, 11) is 0. The number of furan rings is 1. The van der Waals surface area contributed by atoms with Crippen LogP contribution in [0.2, 0.25) is 10.0 Å². The Hall–Kier alpha value is -2.00. The number of rotatable bonds is 8. The SMILES string of the molecule is O=C(CCCSc1nnc(-c2ccc(Cl)cc2Cl)n1Cc1ccco1)N1CCOCC1. The third-order valence-corrected chi connectivity index (χ3v) is 6.51. The van der Waals surface area contributed by atoms with Crippen molar-refractivity contribution in [2.24, 2.45) is 0 Å². The molecule has 7 nitrogen and oxygen atoms in total. The normalized spacial score (nSPS) is 14.2. The van der Waals surface area contributed by atoms with Crippen molar-refractivity contribution in [3.8, 4) is 11.4 Å². The number of benzene rings is 1. The van der Waals surface area contributed by atoms with Gasteiger partial charge in [-0.2, -0.15) is 0 Å². The first kappa shape index (κ1) is 22.2. The highest BCUT2D eigenvalue weighted by Gasteiger charge is 2.19. The zero-order chi connectivity index (χ0) is 21.6. The number of hydrogen-bond donors (Lipinski definition) is 0. The summed E-state index contributed by atoms with van der Waals surface area (Å²) in [6.07, 6.45) is 2.90. The molecule has 0 N–H and O–H groups in total. The summed E-state index contributed by atoms with van der Waals surface area (Å²) in [4.78, 5) is 14.2. The summed E-state index contributed by atoms with van der Waals surface area (Å²) >= 11 is 14.0. The number of thioether (sulfide) groups is 1. The number of hydrogen-bond acceptors (Lipinski definition) is 6. The molecule has 0 saturated carbocycles. The fourth-order valence-corrected chi connectivity index (χ4v) is 4.69. The molecule has 3 heterocycles. The van der Waals surface area contributed by atoms with Gasteiger partial charge in [0.05, 0.1) is 31.0 Å². The lowest BCUT2D eigenvalue weighted by Crippen LogP contribution is -2.40. The second-order valence-electron chi connectivity index (χ2n) is 7.04. The molecular weight excluding hydrogens is 459 g/mol. The Morgan fingerprint density at radius 3 is 2.74 bits per heavy atom. The van der Waals surface area contributed by atoms with Crippen LogP contribution in [-0.2, 0) is 16.1 Å². The molecule has 0 spiro atoms. The minimum atomic E-state index is 0.176. The molecule has 1 fully saturated rings. The summed E-state index contributed by atoms with van der Waals surface area (Å²) in [5, 5.41) is 10.6. The standard InChI is InChI=1S/C21H22Cl2N4O3S/c22-15-5-6-17(18(23)13-15)20-24-25-21(27(20)14-16-3-1-9-30-16)31-12-2-4-19(28)26-7-10-29-11-8-26/h1,3,5-6,9,13H,2,4,7-8,10-12,14H2. The van der Waals surface area contributed by atoms with Crippen molar-refractivity contribution in [3.05, 3.63) is 52.4 Å². The quantitative estimate of drug-likeness (QED) is 0.345. The molecule has 1 amide bonds. The number of morpholine rings is 1. The van der Waals surface area contributed by atoms with E-state index in [2.05, 4.69) is 10.2 Å². The van der Waals surface area contributed by atoms with Gasteiger partial charge in [-0.3, -0.25) is 9.36 Å². The monoisotopic (exact) mass is 480 g/mol. The van der Waals surface area contributed by atoms with Crippen LogP contribution in [0.5, 0.6) is 0 Å². The van der Waals surface area contributed by atoms with Gasteiger partial charge in [-0.05, 0) is 36.8 Å². The largest absolute Gasteiger partial charge is 0.467 e. The number of aromatic nitrogens is 3. The number of amides is 1. The molecule has 1 aliphatic rings. The molecule has 1 saturated heterocycles. The predicted octanol–water partition coefficient (Wildman–Crippen LogP) is 4.62. The summed E-state index contributed by atoms with van der Waals surface area (Å²) in [5.74, 6) is 2.36. The summed E-state index contributed by atoms with van der Waals surface area (Å²) in [5.41, 5.74) is 0.750. The Morgan fingerprint density at radius 2 is 2.00 bits per heavy atom. The molecule has 0 aliphatic carbocycles. The molecule has 10 heteroatoms. The highest BCUT2D eigenvalue weighted by molar-refractivity contribution is 7.99. The second kappa shape index (κ2) is 10.5. The maximum Gasteiger partial charge on any atom is 0.222 e. The van der Waals surface area contributed by atoms with Gasteiger partial charge in [0.15, 0.2) is 11.0 Å². The summed E-state index contributed by atoms with van der Waals surface area (Å²) in [6.45, 7) is 3.06. The lowest BCUT2D eigenvalue weighted by atomic mass is 10.2. The first-order chi connectivity index (χ1) is 15.1. The summed E-state index contributed by atoms with van der Waals surface area (Å²) in [6, 6.07) is 9.05. The lowest BCUT2D eigenvalue weighted by Gasteiger charge is -2.26. The molecule has 2 aromatic heterocycles. The van der Waals surface area contributed by atoms with Gasteiger partial charge < -0.3 is 14.1 Å². The molecule has 0 bridgehead atoms.